The quantitative estimate of drug-likeness (QED) is 0.759. The highest BCUT2D eigenvalue weighted by Gasteiger charge is 2.42. The van der Waals surface area contributed by atoms with Gasteiger partial charge < -0.3 is 10.6 Å². The first-order chi connectivity index (χ1) is 6.64. The van der Waals surface area contributed by atoms with Gasteiger partial charge >= 0.3 is 12.1 Å². The van der Waals surface area contributed by atoms with Crippen LogP contribution in [0.1, 0.15) is 13.8 Å². The standard InChI is InChI=1S/C8H13F3N2O2/c1-5(2)3-13(4-6(12)14)7(15)8(9,10)11/h5H,3-4H2,1-2H3,(H2,12,14). The Morgan fingerprint density at radius 2 is 1.80 bits per heavy atom. The van der Waals surface area contributed by atoms with Gasteiger partial charge in [-0.2, -0.15) is 13.2 Å². The van der Waals surface area contributed by atoms with Crippen LogP contribution in [-0.4, -0.2) is 36.0 Å². The minimum Gasteiger partial charge on any atom is -0.368 e. The van der Waals surface area contributed by atoms with Gasteiger partial charge in [0.25, 0.3) is 0 Å². The van der Waals surface area contributed by atoms with Gasteiger partial charge in [0.15, 0.2) is 0 Å². The number of halogens is 3. The fourth-order valence-corrected chi connectivity index (χ4v) is 1.03. The van der Waals surface area contributed by atoms with Crippen LogP contribution in [0.5, 0.6) is 0 Å². The topological polar surface area (TPSA) is 63.4 Å². The Hall–Kier alpha value is -1.27. The SMILES string of the molecule is CC(C)CN(CC(N)=O)C(=O)C(F)(F)F. The highest BCUT2D eigenvalue weighted by molar-refractivity contribution is 5.86. The smallest absolute Gasteiger partial charge is 0.368 e. The third-order valence-corrected chi connectivity index (χ3v) is 1.46. The molecule has 0 aromatic heterocycles. The van der Waals surface area contributed by atoms with Crippen molar-refractivity contribution in [1.29, 1.82) is 0 Å². The molecule has 88 valence electrons. The summed E-state index contributed by atoms with van der Waals surface area (Å²) >= 11 is 0. The van der Waals surface area contributed by atoms with Gasteiger partial charge in [0.05, 0.1) is 6.54 Å². The molecular weight excluding hydrogens is 213 g/mol. The van der Waals surface area contributed by atoms with Crippen molar-refractivity contribution in [3.63, 3.8) is 0 Å². The van der Waals surface area contributed by atoms with Gasteiger partial charge in [-0.1, -0.05) is 13.8 Å². The molecule has 0 bridgehead atoms. The molecule has 2 N–H and O–H groups in total. The van der Waals surface area contributed by atoms with E-state index in [1.54, 1.807) is 13.8 Å². The lowest BCUT2D eigenvalue weighted by molar-refractivity contribution is -0.186. The van der Waals surface area contributed by atoms with E-state index < -0.39 is 24.5 Å². The monoisotopic (exact) mass is 226 g/mol. The summed E-state index contributed by atoms with van der Waals surface area (Å²) in [5.41, 5.74) is 4.75. The van der Waals surface area contributed by atoms with Crippen LogP contribution in [0, 0.1) is 5.92 Å². The number of hydrogen-bond donors (Lipinski definition) is 1. The maximum atomic E-state index is 12.1. The lowest BCUT2D eigenvalue weighted by atomic mass is 10.2. The molecular formula is C8H13F3N2O2. The first kappa shape index (κ1) is 13.7. The summed E-state index contributed by atoms with van der Waals surface area (Å²) in [5.74, 6) is -3.17. The van der Waals surface area contributed by atoms with Crippen LogP contribution in [0.4, 0.5) is 13.2 Å². The van der Waals surface area contributed by atoms with Gasteiger partial charge in [0.1, 0.15) is 0 Å². The van der Waals surface area contributed by atoms with Crippen LogP contribution in [-0.2, 0) is 9.59 Å². The minimum atomic E-state index is -4.97. The van der Waals surface area contributed by atoms with Gasteiger partial charge in [-0.3, -0.25) is 9.59 Å². The molecule has 0 aliphatic carbocycles. The van der Waals surface area contributed by atoms with E-state index in [-0.39, 0.29) is 12.5 Å². The van der Waals surface area contributed by atoms with Gasteiger partial charge in [0.2, 0.25) is 5.91 Å². The highest BCUT2D eigenvalue weighted by atomic mass is 19.4. The van der Waals surface area contributed by atoms with Crippen LogP contribution in [0.3, 0.4) is 0 Å². The molecule has 0 atom stereocenters. The number of alkyl halides is 3. The number of primary amides is 1. The van der Waals surface area contributed by atoms with E-state index in [9.17, 15) is 22.8 Å². The van der Waals surface area contributed by atoms with Gasteiger partial charge in [-0.15, -0.1) is 0 Å². The van der Waals surface area contributed by atoms with Crippen molar-refractivity contribution in [2.45, 2.75) is 20.0 Å². The summed E-state index contributed by atoms with van der Waals surface area (Å²) in [5, 5.41) is 0. The summed E-state index contributed by atoms with van der Waals surface area (Å²) in [6, 6.07) is 0. The summed E-state index contributed by atoms with van der Waals surface area (Å²) in [4.78, 5) is 21.7. The Balaban J connectivity index is 4.62. The van der Waals surface area contributed by atoms with E-state index in [2.05, 4.69) is 0 Å². The fourth-order valence-electron chi connectivity index (χ4n) is 1.03. The minimum absolute atomic E-state index is 0.152. The molecule has 0 heterocycles. The molecule has 0 aromatic rings. The Kier molecular flexibility index (Phi) is 4.57. The van der Waals surface area contributed by atoms with Crippen LogP contribution < -0.4 is 5.73 Å². The second-order valence-corrected chi connectivity index (χ2v) is 3.54. The molecule has 0 saturated carbocycles. The lowest BCUT2D eigenvalue weighted by Crippen LogP contribution is -2.46. The molecule has 0 saturated heterocycles. The van der Waals surface area contributed by atoms with Crippen molar-refractivity contribution in [1.82, 2.24) is 4.90 Å². The number of carbonyl (C=O) groups excluding carboxylic acids is 2. The summed E-state index contributed by atoms with van der Waals surface area (Å²) in [7, 11) is 0. The lowest BCUT2D eigenvalue weighted by Gasteiger charge is -2.23. The van der Waals surface area contributed by atoms with Gasteiger partial charge in [-0.25, -0.2) is 0 Å². The van der Waals surface area contributed by atoms with Crippen molar-refractivity contribution >= 4 is 11.8 Å². The molecule has 0 radical (unpaired) electrons. The molecule has 7 heteroatoms. The number of nitrogens with zero attached hydrogens (tertiary/aromatic N) is 1. The molecule has 0 unspecified atom stereocenters. The maximum absolute atomic E-state index is 12.1. The van der Waals surface area contributed by atoms with Crippen molar-refractivity contribution in [3.8, 4) is 0 Å². The Morgan fingerprint density at radius 3 is 2.07 bits per heavy atom. The number of rotatable bonds is 4. The molecule has 15 heavy (non-hydrogen) atoms. The van der Waals surface area contributed by atoms with Crippen molar-refractivity contribution in [3.05, 3.63) is 0 Å². The van der Waals surface area contributed by atoms with E-state index in [4.69, 9.17) is 5.73 Å². The Labute approximate surface area is 85.2 Å². The van der Waals surface area contributed by atoms with E-state index in [1.165, 1.54) is 0 Å². The zero-order chi connectivity index (χ0) is 12.2. The van der Waals surface area contributed by atoms with Crippen LogP contribution in [0.25, 0.3) is 0 Å². The fraction of sp³-hybridized carbons (Fsp3) is 0.750. The zero-order valence-electron chi connectivity index (χ0n) is 8.47. The predicted octanol–water partition coefficient (Wildman–Crippen LogP) is 0.519. The molecule has 0 aliphatic rings. The molecule has 0 aromatic carbocycles. The number of nitrogens with two attached hydrogens (primary N) is 1. The number of carbonyl (C=O) groups is 2. The first-order valence-corrected chi connectivity index (χ1v) is 4.29. The molecule has 0 fully saturated rings. The summed E-state index contributed by atoms with van der Waals surface area (Å²) in [6.45, 7) is 2.41. The van der Waals surface area contributed by atoms with E-state index in [0.717, 1.165) is 0 Å². The molecule has 4 nitrogen and oxygen atoms in total. The van der Waals surface area contributed by atoms with Crippen LogP contribution in [0.2, 0.25) is 0 Å². The zero-order valence-corrected chi connectivity index (χ0v) is 8.47. The van der Waals surface area contributed by atoms with Crippen LogP contribution in [0.15, 0.2) is 0 Å². The Bertz CT molecular complexity index is 251. The van der Waals surface area contributed by atoms with E-state index >= 15 is 0 Å². The second kappa shape index (κ2) is 4.99. The maximum Gasteiger partial charge on any atom is 0.471 e. The summed E-state index contributed by atoms with van der Waals surface area (Å²) in [6.07, 6.45) is -4.97. The van der Waals surface area contributed by atoms with Crippen molar-refractivity contribution < 1.29 is 22.8 Å². The largest absolute Gasteiger partial charge is 0.471 e. The number of amides is 2. The Morgan fingerprint density at radius 1 is 1.33 bits per heavy atom. The second-order valence-electron chi connectivity index (χ2n) is 3.54. The average Bonchev–Trinajstić information content (AvgIpc) is 1.98. The predicted molar refractivity (Wildman–Crippen MR) is 46.7 cm³/mol. The van der Waals surface area contributed by atoms with Gasteiger partial charge in [-0.05, 0) is 5.92 Å². The highest BCUT2D eigenvalue weighted by Crippen LogP contribution is 2.18. The average molecular weight is 226 g/mol. The van der Waals surface area contributed by atoms with Crippen molar-refractivity contribution in [2.75, 3.05) is 13.1 Å². The molecule has 2 amide bonds. The van der Waals surface area contributed by atoms with E-state index in [1.807, 2.05) is 0 Å². The first-order valence-electron chi connectivity index (χ1n) is 4.29. The van der Waals surface area contributed by atoms with E-state index in [0.29, 0.717) is 4.90 Å². The molecule has 0 rings (SSSR count). The molecule has 0 aliphatic heterocycles. The summed E-state index contributed by atoms with van der Waals surface area (Å²) < 4.78 is 36.2. The molecule has 0 spiro atoms. The third-order valence-electron chi connectivity index (χ3n) is 1.46. The third kappa shape index (κ3) is 5.24. The van der Waals surface area contributed by atoms with Gasteiger partial charge in [0, 0.05) is 6.54 Å². The van der Waals surface area contributed by atoms with Crippen molar-refractivity contribution in [2.24, 2.45) is 11.7 Å². The normalized spacial score (nSPS) is 11.6. The van der Waals surface area contributed by atoms with Crippen LogP contribution >= 0.6 is 0 Å². The number of hydrogen-bond acceptors (Lipinski definition) is 2.